The molecular formula is C28H30N4O3. The third-order valence-electron chi connectivity index (χ3n) is 6.75. The molecule has 0 amide bonds. The van der Waals surface area contributed by atoms with Crippen molar-refractivity contribution in [3.63, 3.8) is 0 Å². The van der Waals surface area contributed by atoms with Gasteiger partial charge >= 0.3 is 0 Å². The molecule has 35 heavy (non-hydrogen) atoms. The fraction of sp³-hybridized carbons (Fsp3) is 0.464. The number of nitriles is 1. The molecule has 2 fully saturated rings. The molecule has 1 saturated heterocycles. The fourth-order valence-corrected chi connectivity index (χ4v) is 4.74. The SMILES string of the molecule is C[C@H](OC1CCCCO1)c1nccn1Cc1cc(-c2ccc(C#CC3CC(C)(C#N)C3)cc2)on1. The Bertz CT molecular complexity index is 1250. The van der Waals surface area contributed by atoms with Gasteiger partial charge in [-0.05, 0) is 70.2 Å². The average molecular weight is 471 g/mol. The normalized spacial score (nSPS) is 24.6. The summed E-state index contributed by atoms with van der Waals surface area (Å²) < 4.78 is 19.4. The Kier molecular flexibility index (Phi) is 6.72. The predicted molar refractivity (Wildman–Crippen MR) is 130 cm³/mol. The second-order valence-corrected chi connectivity index (χ2v) is 9.79. The standard InChI is InChI=1S/C28H30N4O3/c1-20(34-26-5-3-4-14-33-26)27-30-12-13-32(27)18-24-15-25(35-31-24)23-10-8-21(9-11-23)6-7-22-16-28(2,17-22)19-29/h8-13,15,20,22,26H,3-5,14,16-18H2,1-2H3/t20-,22?,26?,28?/m0/s1. The molecule has 0 spiro atoms. The van der Waals surface area contributed by atoms with Crippen molar-refractivity contribution in [1.29, 1.82) is 5.26 Å². The molecule has 5 rings (SSSR count). The van der Waals surface area contributed by atoms with Crippen LogP contribution in [0.2, 0.25) is 0 Å². The molecule has 180 valence electrons. The third kappa shape index (κ3) is 5.48. The zero-order valence-corrected chi connectivity index (χ0v) is 20.2. The number of rotatable bonds is 6. The van der Waals surface area contributed by atoms with Crippen molar-refractivity contribution in [2.45, 2.75) is 64.9 Å². The molecule has 1 unspecified atom stereocenters. The van der Waals surface area contributed by atoms with Crippen LogP contribution in [0, 0.1) is 34.5 Å². The second-order valence-electron chi connectivity index (χ2n) is 9.79. The lowest BCUT2D eigenvalue weighted by Gasteiger charge is -2.36. The van der Waals surface area contributed by atoms with Crippen LogP contribution in [0.25, 0.3) is 11.3 Å². The monoisotopic (exact) mass is 470 g/mol. The zero-order valence-electron chi connectivity index (χ0n) is 20.2. The van der Waals surface area contributed by atoms with Gasteiger partial charge in [0.15, 0.2) is 12.1 Å². The summed E-state index contributed by atoms with van der Waals surface area (Å²) in [5.41, 5.74) is 2.53. The van der Waals surface area contributed by atoms with Crippen LogP contribution < -0.4 is 0 Å². The lowest BCUT2D eigenvalue weighted by molar-refractivity contribution is -0.188. The molecule has 3 heterocycles. The molecule has 7 nitrogen and oxygen atoms in total. The Morgan fingerprint density at radius 3 is 2.83 bits per heavy atom. The van der Waals surface area contributed by atoms with Crippen LogP contribution in [0.15, 0.2) is 47.2 Å². The Labute approximate surface area is 206 Å². The van der Waals surface area contributed by atoms with Gasteiger partial charge in [-0.25, -0.2) is 4.98 Å². The quantitative estimate of drug-likeness (QED) is 0.443. The van der Waals surface area contributed by atoms with Crippen LogP contribution >= 0.6 is 0 Å². The predicted octanol–water partition coefficient (Wildman–Crippen LogP) is 5.48. The summed E-state index contributed by atoms with van der Waals surface area (Å²) in [6, 6.07) is 12.3. The van der Waals surface area contributed by atoms with E-state index < -0.39 is 0 Å². The number of nitrogens with zero attached hydrogens (tertiary/aromatic N) is 4. The summed E-state index contributed by atoms with van der Waals surface area (Å²) in [6.07, 6.45) is 8.22. The Balaban J connectivity index is 1.20. The van der Waals surface area contributed by atoms with Crippen molar-refractivity contribution < 1.29 is 14.0 Å². The van der Waals surface area contributed by atoms with E-state index in [1.54, 1.807) is 6.20 Å². The summed E-state index contributed by atoms with van der Waals surface area (Å²) in [6.45, 7) is 5.30. The maximum atomic E-state index is 9.13. The lowest BCUT2D eigenvalue weighted by Crippen LogP contribution is -2.32. The van der Waals surface area contributed by atoms with Gasteiger partial charge in [-0.2, -0.15) is 5.26 Å². The van der Waals surface area contributed by atoms with Gasteiger partial charge in [0.05, 0.1) is 18.0 Å². The van der Waals surface area contributed by atoms with Crippen molar-refractivity contribution >= 4 is 0 Å². The van der Waals surface area contributed by atoms with Crippen LogP contribution in [0.1, 0.15) is 69.1 Å². The Hall–Kier alpha value is -3.39. The summed E-state index contributed by atoms with van der Waals surface area (Å²) in [5.74, 6) is 8.39. The summed E-state index contributed by atoms with van der Waals surface area (Å²) in [4.78, 5) is 4.50. The zero-order chi connectivity index (χ0) is 24.3. The van der Waals surface area contributed by atoms with Gasteiger partial charge in [0.1, 0.15) is 17.6 Å². The van der Waals surface area contributed by atoms with Crippen molar-refractivity contribution in [1.82, 2.24) is 14.7 Å². The molecule has 3 aromatic rings. The minimum Gasteiger partial charge on any atom is -0.356 e. The van der Waals surface area contributed by atoms with E-state index in [1.165, 1.54) is 0 Å². The minimum absolute atomic E-state index is 0.165. The van der Waals surface area contributed by atoms with Crippen LogP contribution in [0.5, 0.6) is 0 Å². The van der Waals surface area contributed by atoms with E-state index in [4.69, 9.17) is 19.3 Å². The summed E-state index contributed by atoms with van der Waals surface area (Å²) in [5, 5.41) is 13.4. The summed E-state index contributed by atoms with van der Waals surface area (Å²) in [7, 11) is 0. The van der Waals surface area contributed by atoms with Crippen molar-refractivity contribution in [3.05, 3.63) is 59.8 Å². The van der Waals surface area contributed by atoms with Crippen LogP contribution in [0.3, 0.4) is 0 Å². The fourth-order valence-electron chi connectivity index (χ4n) is 4.74. The first-order valence-corrected chi connectivity index (χ1v) is 12.3. The largest absolute Gasteiger partial charge is 0.356 e. The molecule has 7 heteroatoms. The minimum atomic E-state index is -0.195. The van der Waals surface area contributed by atoms with Crippen LogP contribution in [-0.4, -0.2) is 27.6 Å². The number of imidazole rings is 1. The summed E-state index contributed by atoms with van der Waals surface area (Å²) >= 11 is 0. The molecule has 0 N–H and O–H groups in total. The first-order chi connectivity index (χ1) is 17.0. The number of benzene rings is 1. The van der Waals surface area contributed by atoms with E-state index in [1.807, 2.05) is 54.9 Å². The molecule has 0 bridgehead atoms. The van der Waals surface area contributed by atoms with Gasteiger partial charge in [0, 0.05) is 42.1 Å². The van der Waals surface area contributed by atoms with E-state index >= 15 is 0 Å². The van der Waals surface area contributed by atoms with Gasteiger partial charge in [-0.3, -0.25) is 0 Å². The van der Waals surface area contributed by atoms with Crippen molar-refractivity contribution in [3.8, 4) is 29.2 Å². The van der Waals surface area contributed by atoms with E-state index in [-0.39, 0.29) is 17.8 Å². The van der Waals surface area contributed by atoms with E-state index in [0.717, 1.165) is 61.4 Å². The van der Waals surface area contributed by atoms with Gasteiger partial charge in [0.2, 0.25) is 0 Å². The molecule has 2 atom stereocenters. The topological polar surface area (TPSA) is 86.1 Å². The molecule has 1 saturated carbocycles. The number of aromatic nitrogens is 3. The maximum Gasteiger partial charge on any atom is 0.167 e. The lowest BCUT2D eigenvalue weighted by atomic mass is 9.64. The van der Waals surface area contributed by atoms with Gasteiger partial charge < -0.3 is 18.6 Å². The number of hydrogen-bond donors (Lipinski definition) is 0. The molecule has 1 aliphatic carbocycles. The molecule has 0 radical (unpaired) electrons. The van der Waals surface area contributed by atoms with Gasteiger partial charge in [-0.15, -0.1) is 0 Å². The highest BCUT2D eigenvalue weighted by Gasteiger charge is 2.39. The Morgan fingerprint density at radius 2 is 2.09 bits per heavy atom. The van der Waals surface area contributed by atoms with E-state index in [2.05, 4.69) is 28.1 Å². The first-order valence-electron chi connectivity index (χ1n) is 12.3. The highest BCUT2D eigenvalue weighted by molar-refractivity contribution is 5.59. The highest BCUT2D eigenvalue weighted by Crippen LogP contribution is 2.44. The maximum absolute atomic E-state index is 9.13. The average Bonchev–Trinajstić information content (AvgIpc) is 3.52. The van der Waals surface area contributed by atoms with Gasteiger partial charge in [-0.1, -0.05) is 17.0 Å². The van der Waals surface area contributed by atoms with Crippen molar-refractivity contribution in [2.24, 2.45) is 11.3 Å². The van der Waals surface area contributed by atoms with E-state index in [9.17, 15) is 0 Å². The van der Waals surface area contributed by atoms with Crippen LogP contribution in [0.4, 0.5) is 0 Å². The van der Waals surface area contributed by atoms with E-state index in [0.29, 0.717) is 18.2 Å². The number of ether oxygens (including phenoxy) is 2. The van der Waals surface area contributed by atoms with Crippen LogP contribution in [-0.2, 0) is 16.0 Å². The second kappa shape index (κ2) is 10.1. The van der Waals surface area contributed by atoms with Crippen molar-refractivity contribution in [2.75, 3.05) is 6.61 Å². The Morgan fingerprint density at radius 1 is 1.26 bits per heavy atom. The molecular weight excluding hydrogens is 440 g/mol. The first kappa shape index (κ1) is 23.4. The highest BCUT2D eigenvalue weighted by atomic mass is 16.7. The smallest absolute Gasteiger partial charge is 0.167 e. The molecule has 2 aliphatic rings. The molecule has 2 aromatic heterocycles. The molecule has 1 aliphatic heterocycles. The third-order valence-corrected chi connectivity index (χ3v) is 6.75. The number of hydrogen-bond acceptors (Lipinski definition) is 6. The molecule has 1 aromatic carbocycles. The van der Waals surface area contributed by atoms with Gasteiger partial charge in [0.25, 0.3) is 0 Å².